The molecule has 0 atom stereocenters. The van der Waals surface area contributed by atoms with Crippen molar-refractivity contribution in [2.45, 2.75) is 0 Å². The van der Waals surface area contributed by atoms with Crippen molar-refractivity contribution in [3.05, 3.63) is 30.3 Å². The SMILES string of the molecule is C1=NCCN1c1cc2ccccc2s1. The van der Waals surface area contributed by atoms with Gasteiger partial charge >= 0.3 is 0 Å². The number of thiophene rings is 1. The number of anilines is 1. The van der Waals surface area contributed by atoms with Crippen molar-refractivity contribution >= 4 is 32.8 Å². The van der Waals surface area contributed by atoms with Gasteiger partial charge in [-0.15, -0.1) is 11.3 Å². The summed E-state index contributed by atoms with van der Waals surface area (Å²) in [5.41, 5.74) is 0. The second-order valence-electron chi connectivity index (χ2n) is 3.34. The normalized spacial score (nSPS) is 15.6. The average Bonchev–Trinajstić information content (AvgIpc) is 2.86. The van der Waals surface area contributed by atoms with Gasteiger partial charge in [-0.3, -0.25) is 4.99 Å². The number of hydrogen-bond acceptors (Lipinski definition) is 3. The van der Waals surface area contributed by atoms with Crippen LogP contribution in [0.2, 0.25) is 0 Å². The molecule has 0 aliphatic carbocycles. The number of benzene rings is 1. The first-order valence-electron chi connectivity index (χ1n) is 4.69. The zero-order valence-electron chi connectivity index (χ0n) is 7.68. The Bertz CT molecular complexity index is 454. The predicted octanol–water partition coefficient (Wildman–Crippen LogP) is 2.75. The van der Waals surface area contributed by atoms with Gasteiger partial charge in [-0.1, -0.05) is 18.2 Å². The third-order valence-electron chi connectivity index (χ3n) is 2.39. The molecular weight excluding hydrogens is 192 g/mol. The molecule has 0 radical (unpaired) electrons. The summed E-state index contributed by atoms with van der Waals surface area (Å²) in [5, 5.41) is 2.63. The van der Waals surface area contributed by atoms with Crippen LogP contribution >= 0.6 is 11.3 Å². The van der Waals surface area contributed by atoms with Gasteiger partial charge < -0.3 is 4.90 Å². The van der Waals surface area contributed by atoms with Crippen LogP contribution in [0.15, 0.2) is 35.3 Å². The highest BCUT2D eigenvalue weighted by molar-refractivity contribution is 7.22. The Labute approximate surface area is 86.5 Å². The fourth-order valence-electron chi connectivity index (χ4n) is 1.66. The molecule has 0 amide bonds. The number of fused-ring (bicyclic) bond motifs is 1. The Hall–Kier alpha value is -1.35. The first kappa shape index (κ1) is 8.00. The first-order chi connectivity index (χ1) is 6.93. The van der Waals surface area contributed by atoms with Crippen molar-refractivity contribution in [1.82, 2.24) is 0 Å². The van der Waals surface area contributed by atoms with Gasteiger partial charge in [0.1, 0.15) is 0 Å². The molecule has 0 N–H and O–H groups in total. The van der Waals surface area contributed by atoms with Gasteiger partial charge in [-0.05, 0) is 17.5 Å². The zero-order valence-corrected chi connectivity index (χ0v) is 8.50. The van der Waals surface area contributed by atoms with E-state index in [1.807, 2.05) is 17.7 Å². The van der Waals surface area contributed by atoms with Crippen LogP contribution in [0.4, 0.5) is 5.00 Å². The van der Waals surface area contributed by atoms with Gasteiger partial charge in [-0.25, -0.2) is 0 Å². The van der Waals surface area contributed by atoms with E-state index in [0.717, 1.165) is 13.1 Å². The summed E-state index contributed by atoms with van der Waals surface area (Å²) in [5.74, 6) is 0. The fourth-order valence-corrected chi connectivity index (χ4v) is 2.71. The minimum Gasteiger partial charge on any atom is -0.323 e. The Morgan fingerprint density at radius 1 is 1.29 bits per heavy atom. The highest BCUT2D eigenvalue weighted by Crippen LogP contribution is 2.32. The van der Waals surface area contributed by atoms with Gasteiger partial charge in [0.2, 0.25) is 0 Å². The Morgan fingerprint density at radius 3 is 3.00 bits per heavy atom. The van der Waals surface area contributed by atoms with E-state index in [4.69, 9.17) is 0 Å². The van der Waals surface area contributed by atoms with Gasteiger partial charge in [0.05, 0.1) is 17.9 Å². The van der Waals surface area contributed by atoms with Crippen LogP contribution in [0.1, 0.15) is 0 Å². The van der Waals surface area contributed by atoms with Crippen molar-refractivity contribution in [2.24, 2.45) is 4.99 Å². The maximum atomic E-state index is 4.22. The fraction of sp³-hybridized carbons (Fsp3) is 0.182. The molecule has 0 fully saturated rings. The number of hydrogen-bond donors (Lipinski definition) is 0. The Kier molecular flexibility index (Phi) is 1.77. The average molecular weight is 202 g/mol. The number of nitrogens with zero attached hydrogens (tertiary/aromatic N) is 2. The lowest BCUT2D eigenvalue weighted by atomic mass is 10.3. The molecule has 2 aromatic rings. The topological polar surface area (TPSA) is 15.6 Å². The monoisotopic (exact) mass is 202 g/mol. The zero-order chi connectivity index (χ0) is 9.38. The standard InChI is InChI=1S/C11H10N2S/c1-2-4-10-9(3-1)7-11(14-10)13-6-5-12-8-13/h1-4,7-8H,5-6H2. The molecule has 1 aliphatic heterocycles. The second-order valence-corrected chi connectivity index (χ2v) is 4.40. The Morgan fingerprint density at radius 2 is 2.21 bits per heavy atom. The van der Waals surface area contributed by atoms with Crippen LogP contribution in [0.25, 0.3) is 10.1 Å². The summed E-state index contributed by atoms with van der Waals surface area (Å²) in [6.45, 7) is 1.95. The third-order valence-corrected chi connectivity index (χ3v) is 3.54. The van der Waals surface area contributed by atoms with Gasteiger partial charge in [0.25, 0.3) is 0 Å². The van der Waals surface area contributed by atoms with Crippen LogP contribution in [-0.2, 0) is 0 Å². The molecule has 2 heterocycles. The quantitative estimate of drug-likeness (QED) is 0.694. The van der Waals surface area contributed by atoms with Crippen molar-refractivity contribution < 1.29 is 0 Å². The van der Waals surface area contributed by atoms with Gasteiger partial charge in [0, 0.05) is 11.2 Å². The first-order valence-corrected chi connectivity index (χ1v) is 5.50. The highest BCUT2D eigenvalue weighted by Gasteiger charge is 2.10. The molecule has 1 aromatic carbocycles. The van der Waals surface area contributed by atoms with Crippen LogP contribution in [0.3, 0.4) is 0 Å². The lowest BCUT2D eigenvalue weighted by Crippen LogP contribution is -2.16. The molecule has 3 heteroatoms. The molecular formula is C11H10N2S. The van der Waals surface area contributed by atoms with Crippen LogP contribution in [0, 0.1) is 0 Å². The van der Waals surface area contributed by atoms with Crippen LogP contribution in [0.5, 0.6) is 0 Å². The van der Waals surface area contributed by atoms with E-state index in [-0.39, 0.29) is 0 Å². The highest BCUT2D eigenvalue weighted by atomic mass is 32.1. The second kappa shape index (κ2) is 3.10. The largest absolute Gasteiger partial charge is 0.323 e. The molecule has 0 saturated heterocycles. The summed E-state index contributed by atoms with van der Waals surface area (Å²) < 4.78 is 1.35. The smallest absolute Gasteiger partial charge is 0.0973 e. The van der Waals surface area contributed by atoms with Gasteiger partial charge in [0.15, 0.2) is 0 Å². The van der Waals surface area contributed by atoms with E-state index in [2.05, 4.69) is 40.2 Å². The molecule has 1 aromatic heterocycles. The molecule has 70 valence electrons. The van der Waals surface area contributed by atoms with E-state index in [9.17, 15) is 0 Å². The molecule has 0 unspecified atom stereocenters. The molecule has 2 nitrogen and oxygen atoms in total. The van der Waals surface area contributed by atoms with E-state index in [0.29, 0.717) is 0 Å². The maximum Gasteiger partial charge on any atom is 0.0973 e. The maximum absolute atomic E-state index is 4.22. The predicted molar refractivity (Wildman–Crippen MR) is 62.5 cm³/mol. The summed E-state index contributed by atoms with van der Waals surface area (Å²) in [6, 6.07) is 10.7. The van der Waals surface area contributed by atoms with Gasteiger partial charge in [-0.2, -0.15) is 0 Å². The van der Waals surface area contributed by atoms with E-state index >= 15 is 0 Å². The van der Waals surface area contributed by atoms with Crippen LogP contribution in [-0.4, -0.2) is 19.4 Å². The minimum atomic E-state index is 0.925. The van der Waals surface area contributed by atoms with Crippen molar-refractivity contribution in [3.63, 3.8) is 0 Å². The molecule has 14 heavy (non-hydrogen) atoms. The molecule has 0 spiro atoms. The number of rotatable bonds is 1. The number of aliphatic imine (C=N–C) groups is 1. The third kappa shape index (κ3) is 1.21. The summed E-state index contributed by atoms with van der Waals surface area (Å²) in [4.78, 5) is 6.43. The van der Waals surface area contributed by atoms with Crippen molar-refractivity contribution in [2.75, 3.05) is 18.0 Å². The van der Waals surface area contributed by atoms with E-state index in [1.54, 1.807) is 0 Å². The van der Waals surface area contributed by atoms with Crippen molar-refractivity contribution in [3.8, 4) is 0 Å². The summed E-state index contributed by atoms with van der Waals surface area (Å²) in [6.07, 6.45) is 1.94. The molecule has 1 aliphatic rings. The lowest BCUT2D eigenvalue weighted by molar-refractivity contribution is 1.03. The van der Waals surface area contributed by atoms with Crippen LogP contribution < -0.4 is 4.90 Å². The minimum absolute atomic E-state index is 0.925. The van der Waals surface area contributed by atoms with E-state index in [1.165, 1.54) is 15.1 Å². The van der Waals surface area contributed by atoms with Crippen molar-refractivity contribution in [1.29, 1.82) is 0 Å². The summed E-state index contributed by atoms with van der Waals surface area (Å²) in [7, 11) is 0. The Balaban J connectivity index is 2.09. The molecule has 0 bridgehead atoms. The molecule has 3 rings (SSSR count). The van der Waals surface area contributed by atoms with E-state index < -0.39 is 0 Å². The summed E-state index contributed by atoms with van der Waals surface area (Å²) >= 11 is 1.83. The molecule has 0 saturated carbocycles. The lowest BCUT2D eigenvalue weighted by Gasteiger charge is -2.09.